The van der Waals surface area contributed by atoms with Gasteiger partial charge >= 0.3 is 0 Å². The van der Waals surface area contributed by atoms with E-state index in [-0.39, 0.29) is 5.91 Å². The van der Waals surface area contributed by atoms with Crippen LogP contribution in [0, 0.1) is 0 Å². The standard InChI is InChI=1S/C18H20N2O3S/c21-18-17-14(10-19-18)9-16(24-17)12-23-15-3-1-13(2-4-15)11-20-5-7-22-8-6-20/h1-4,9H,5-8,10-12H2,(H,19,21). The van der Waals surface area contributed by atoms with Crippen molar-refractivity contribution in [2.75, 3.05) is 26.3 Å². The molecule has 2 aliphatic heterocycles. The van der Waals surface area contributed by atoms with Crippen LogP contribution in [-0.2, 0) is 24.4 Å². The Kier molecular flexibility index (Phi) is 4.51. The molecule has 0 saturated carbocycles. The summed E-state index contributed by atoms with van der Waals surface area (Å²) in [5.74, 6) is 0.896. The van der Waals surface area contributed by atoms with Crippen molar-refractivity contribution in [2.24, 2.45) is 0 Å². The Morgan fingerprint density at radius 1 is 1.21 bits per heavy atom. The Morgan fingerprint density at radius 2 is 2.00 bits per heavy atom. The van der Waals surface area contributed by atoms with E-state index in [9.17, 15) is 4.79 Å². The van der Waals surface area contributed by atoms with Crippen LogP contribution in [0.15, 0.2) is 30.3 Å². The fourth-order valence-electron chi connectivity index (χ4n) is 3.00. The number of nitrogens with one attached hydrogen (secondary N) is 1. The number of fused-ring (bicyclic) bond motifs is 1. The molecule has 0 spiro atoms. The van der Waals surface area contributed by atoms with Gasteiger partial charge in [-0.2, -0.15) is 0 Å². The van der Waals surface area contributed by atoms with Gasteiger partial charge in [-0.3, -0.25) is 9.69 Å². The third-order valence-corrected chi connectivity index (χ3v) is 5.47. The molecule has 1 aromatic heterocycles. The van der Waals surface area contributed by atoms with E-state index in [1.54, 1.807) is 0 Å². The van der Waals surface area contributed by atoms with E-state index in [4.69, 9.17) is 9.47 Å². The van der Waals surface area contributed by atoms with E-state index in [1.807, 2.05) is 12.1 Å². The van der Waals surface area contributed by atoms with Gasteiger partial charge in [0.05, 0.1) is 18.1 Å². The van der Waals surface area contributed by atoms with Crippen LogP contribution in [0.1, 0.15) is 25.7 Å². The van der Waals surface area contributed by atoms with Crippen LogP contribution < -0.4 is 10.1 Å². The highest BCUT2D eigenvalue weighted by atomic mass is 32.1. The van der Waals surface area contributed by atoms with E-state index in [2.05, 4.69) is 28.4 Å². The number of carbonyl (C=O) groups excluding carboxylic acids is 1. The summed E-state index contributed by atoms with van der Waals surface area (Å²) in [5, 5.41) is 2.82. The van der Waals surface area contributed by atoms with Crippen LogP contribution in [0.25, 0.3) is 0 Å². The monoisotopic (exact) mass is 344 g/mol. The van der Waals surface area contributed by atoms with Gasteiger partial charge in [0, 0.05) is 31.1 Å². The molecule has 0 unspecified atom stereocenters. The molecule has 2 aromatic rings. The molecule has 1 N–H and O–H groups in total. The Labute approximate surface area is 145 Å². The molecule has 4 rings (SSSR count). The van der Waals surface area contributed by atoms with E-state index in [0.717, 1.165) is 53.9 Å². The predicted molar refractivity (Wildman–Crippen MR) is 92.4 cm³/mol. The van der Waals surface area contributed by atoms with E-state index in [0.29, 0.717) is 13.2 Å². The van der Waals surface area contributed by atoms with Gasteiger partial charge in [-0.15, -0.1) is 11.3 Å². The predicted octanol–water partition coefficient (Wildman–Crippen LogP) is 2.40. The lowest BCUT2D eigenvalue weighted by atomic mass is 10.2. The van der Waals surface area contributed by atoms with Crippen molar-refractivity contribution < 1.29 is 14.3 Å². The summed E-state index contributed by atoms with van der Waals surface area (Å²) < 4.78 is 11.2. The minimum atomic E-state index is 0.0358. The Morgan fingerprint density at radius 3 is 2.75 bits per heavy atom. The first-order valence-corrected chi connectivity index (χ1v) is 9.01. The SMILES string of the molecule is O=C1NCc2cc(COc3ccc(CN4CCOCC4)cc3)sc21. The van der Waals surface area contributed by atoms with Crippen LogP contribution >= 0.6 is 11.3 Å². The first kappa shape index (κ1) is 15.6. The average molecular weight is 344 g/mol. The fraction of sp³-hybridized carbons (Fsp3) is 0.389. The molecular weight excluding hydrogens is 324 g/mol. The fourth-order valence-corrected chi connectivity index (χ4v) is 4.01. The van der Waals surface area contributed by atoms with Crippen molar-refractivity contribution in [3.8, 4) is 5.75 Å². The van der Waals surface area contributed by atoms with E-state index in [1.165, 1.54) is 16.9 Å². The lowest BCUT2D eigenvalue weighted by Crippen LogP contribution is -2.35. The molecule has 2 aliphatic rings. The van der Waals surface area contributed by atoms with Gasteiger partial charge in [-0.05, 0) is 29.3 Å². The maximum atomic E-state index is 11.6. The van der Waals surface area contributed by atoms with Crippen molar-refractivity contribution in [3.63, 3.8) is 0 Å². The molecule has 1 amide bonds. The second-order valence-corrected chi connectivity index (χ2v) is 7.21. The molecular formula is C18H20N2O3S. The second kappa shape index (κ2) is 6.93. The third-order valence-electron chi connectivity index (χ3n) is 4.32. The van der Waals surface area contributed by atoms with E-state index < -0.39 is 0 Å². The van der Waals surface area contributed by atoms with Crippen LogP contribution in [0.3, 0.4) is 0 Å². The summed E-state index contributed by atoms with van der Waals surface area (Å²) in [6, 6.07) is 10.3. The van der Waals surface area contributed by atoms with Crippen LogP contribution in [0.5, 0.6) is 5.75 Å². The topological polar surface area (TPSA) is 50.8 Å². The molecule has 5 nitrogen and oxygen atoms in total. The maximum absolute atomic E-state index is 11.6. The number of hydrogen-bond donors (Lipinski definition) is 1. The summed E-state index contributed by atoms with van der Waals surface area (Å²) in [4.78, 5) is 15.9. The highest BCUT2D eigenvalue weighted by Crippen LogP contribution is 2.27. The third kappa shape index (κ3) is 3.45. The zero-order valence-electron chi connectivity index (χ0n) is 13.4. The number of amides is 1. The number of ether oxygens (including phenoxy) is 2. The van der Waals surface area contributed by atoms with Gasteiger partial charge in [-0.25, -0.2) is 0 Å². The quantitative estimate of drug-likeness (QED) is 0.905. The Balaban J connectivity index is 1.32. The molecule has 6 heteroatoms. The molecule has 126 valence electrons. The molecule has 0 atom stereocenters. The largest absolute Gasteiger partial charge is 0.488 e. The second-order valence-electron chi connectivity index (χ2n) is 6.07. The highest BCUT2D eigenvalue weighted by Gasteiger charge is 2.22. The first-order valence-electron chi connectivity index (χ1n) is 8.19. The smallest absolute Gasteiger partial charge is 0.261 e. The number of nitrogens with zero attached hydrogens (tertiary/aromatic N) is 1. The zero-order chi connectivity index (χ0) is 16.4. The van der Waals surface area contributed by atoms with Gasteiger partial charge < -0.3 is 14.8 Å². The van der Waals surface area contributed by atoms with Crippen LogP contribution in [-0.4, -0.2) is 37.1 Å². The minimum absolute atomic E-state index is 0.0358. The Hall–Kier alpha value is -1.89. The van der Waals surface area contributed by atoms with Crippen molar-refractivity contribution in [1.29, 1.82) is 0 Å². The normalized spacial score (nSPS) is 17.6. The molecule has 1 aromatic carbocycles. The Bertz CT molecular complexity index is 720. The number of hydrogen-bond acceptors (Lipinski definition) is 5. The first-order chi connectivity index (χ1) is 11.8. The van der Waals surface area contributed by atoms with Crippen molar-refractivity contribution >= 4 is 17.2 Å². The molecule has 0 radical (unpaired) electrons. The molecule has 0 bridgehead atoms. The van der Waals surface area contributed by atoms with E-state index >= 15 is 0 Å². The van der Waals surface area contributed by atoms with Gasteiger partial charge in [-0.1, -0.05) is 12.1 Å². The molecule has 1 saturated heterocycles. The number of carbonyl (C=O) groups is 1. The van der Waals surface area contributed by atoms with Gasteiger partial charge in [0.2, 0.25) is 0 Å². The van der Waals surface area contributed by atoms with Gasteiger partial charge in [0.1, 0.15) is 12.4 Å². The van der Waals surface area contributed by atoms with Crippen LogP contribution in [0.2, 0.25) is 0 Å². The molecule has 0 aliphatic carbocycles. The number of morpholine rings is 1. The number of benzene rings is 1. The summed E-state index contributed by atoms with van der Waals surface area (Å²) in [6.45, 7) is 5.74. The van der Waals surface area contributed by atoms with Crippen molar-refractivity contribution in [3.05, 3.63) is 51.2 Å². The highest BCUT2D eigenvalue weighted by molar-refractivity contribution is 7.14. The molecule has 3 heterocycles. The lowest BCUT2D eigenvalue weighted by Gasteiger charge is -2.26. The summed E-state index contributed by atoms with van der Waals surface area (Å²) in [5.41, 5.74) is 2.38. The van der Waals surface area contributed by atoms with Gasteiger partial charge in [0.25, 0.3) is 5.91 Å². The molecule has 1 fully saturated rings. The van der Waals surface area contributed by atoms with Gasteiger partial charge in [0.15, 0.2) is 0 Å². The van der Waals surface area contributed by atoms with Crippen molar-refractivity contribution in [2.45, 2.75) is 19.7 Å². The maximum Gasteiger partial charge on any atom is 0.261 e. The minimum Gasteiger partial charge on any atom is -0.488 e. The number of rotatable bonds is 5. The summed E-state index contributed by atoms with van der Waals surface area (Å²) >= 11 is 1.52. The molecule has 24 heavy (non-hydrogen) atoms. The summed E-state index contributed by atoms with van der Waals surface area (Å²) in [6.07, 6.45) is 0. The average Bonchev–Trinajstić information content (AvgIpc) is 3.17. The summed E-state index contributed by atoms with van der Waals surface area (Å²) in [7, 11) is 0. The van der Waals surface area contributed by atoms with Crippen molar-refractivity contribution in [1.82, 2.24) is 10.2 Å². The lowest BCUT2D eigenvalue weighted by molar-refractivity contribution is 0.0342. The number of thiophene rings is 1. The van der Waals surface area contributed by atoms with Crippen LogP contribution in [0.4, 0.5) is 0 Å². The zero-order valence-corrected chi connectivity index (χ0v) is 14.2.